The van der Waals surface area contributed by atoms with Crippen molar-refractivity contribution in [3.63, 3.8) is 0 Å². The summed E-state index contributed by atoms with van der Waals surface area (Å²) in [5, 5.41) is 3.08. The molecule has 1 N–H and O–H groups in total. The lowest BCUT2D eigenvalue weighted by molar-refractivity contribution is 0.0215. The quantitative estimate of drug-likeness (QED) is 0.622. The van der Waals surface area contributed by atoms with Crippen molar-refractivity contribution in [1.29, 1.82) is 0 Å². The lowest BCUT2D eigenvalue weighted by atomic mass is 9.78. The molecule has 1 heterocycles. The van der Waals surface area contributed by atoms with E-state index >= 15 is 0 Å². The Morgan fingerprint density at radius 3 is 2.10 bits per heavy atom. The van der Waals surface area contributed by atoms with Crippen molar-refractivity contribution in [2.75, 3.05) is 13.1 Å². The third-order valence-corrected chi connectivity index (χ3v) is 2.71. The van der Waals surface area contributed by atoms with Crippen molar-refractivity contribution in [3.8, 4) is 0 Å². The third kappa shape index (κ3) is 1.17. The van der Waals surface area contributed by atoms with Crippen molar-refractivity contribution in [2.24, 2.45) is 11.8 Å². The first-order valence-electron chi connectivity index (χ1n) is 3.94. The smallest absolute Gasteiger partial charge is 0.115 e. The summed E-state index contributed by atoms with van der Waals surface area (Å²) in [7, 11) is 0. The summed E-state index contributed by atoms with van der Waals surface area (Å²) in [5.41, 5.74) is -0.967. The molecule has 1 nitrogen and oxygen atoms in total. The molecule has 0 bridgehead atoms. The van der Waals surface area contributed by atoms with Crippen LogP contribution in [-0.4, -0.2) is 18.8 Å². The van der Waals surface area contributed by atoms with Gasteiger partial charge in [-0.3, -0.25) is 0 Å². The Kier molecular flexibility index (Phi) is 1.99. The molecule has 1 aliphatic heterocycles. The van der Waals surface area contributed by atoms with Crippen LogP contribution in [0.3, 0.4) is 0 Å². The van der Waals surface area contributed by atoms with E-state index in [9.17, 15) is 4.39 Å². The number of hydrogen-bond donors (Lipinski definition) is 1. The Labute approximate surface area is 62.0 Å². The van der Waals surface area contributed by atoms with Crippen LogP contribution in [-0.2, 0) is 0 Å². The number of halogens is 1. The van der Waals surface area contributed by atoms with E-state index in [-0.39, 0.29) is 11.8 Å². The van der Waals surface area contributed by atoms with Crippen LogP contribution in [0.2, 0.25) is 0 Å². The molecule has 0 saturated carbocycles. The van der Waals surface area contributed by atoms with Crippen LogP contribution in [0.4, 0.5) is 4.39 Å². The Balaban J connectivity index is 2.48. The molecule has 1 fully saturated rings. The first-order valence-corrected chi connectivity index (χ1v) is 3.94. The summed E-state index contributed by atoms with van der Waals surface area (Å²) < 4.78 is 13.6. The Hall–Kier alpha value is -0.110. The van der Waals surface area contributed by atoms with E-state index in [4.69, 9.17) is 0 Å². The second-order valence-electron chi connectivity index (χ2n) is 3.66. The minimum absolute atomic E-state index is 0.139. The molecule has 60 valence electrons. The molecule has 10 heavy (non-hydrogen) atoms. The molecule has 1 unspecified atom stereocenters. The van der Waals surface area contributed by atoms with E-state index in [1.165, 1.54) is 0 Å². The predicted molar refractivity (Wildman–Crippen MR) is 40.7 cm³/mol. The summed E-state index contributed by atoms with van der Waals surface area (Å²) in [5.74, 6) is 0.382. The topological polar surface area (TPSA) is 12.0 Å². The van der Waals surface area contributed by atoms with Crippen LogP contribution in [0, 0.1) is 11.8 Å². The van der Waals surface area contributed by atoms with Crippen molar-refractivity contribution in [1.82, 2.24) is 5.32 Å². The van der Waals surface area contributed by atoms with E-state index in [1.807, 2.05) is 13.8 Å². The first-order chi connectivity index (χ1) is 4.55. The second-order valence-corrected chi connectivity index (χ2v) is 3.66. The summed E-state index contributed by atoms with van der Waals surface area (Å²) in [6.45, 7) is 7.30. The molecule has 1 atom stereocenters. The highest BCUT2D eigenvalue weighted by Crippen LogP contribution is 2.32. The number of hydrogen-bond acceptors (Lipinski definition) is 1. The van der Waals surface area contributed by atoms with Gasteiger partial charge in [0.05, 0.1) is 0 Å². The normalized spacial score (nSPS) is 26.1. The zero-order valence-corrected chi connectivity index (χ0v) is 6.95. The van der Waals surface area contributed by atoms with Crippen molar-refractivity contribution in [3.05, 3.63) is 0 Å². The second kappa shape index (κ2) is 2.50. The van der Waals surface area contributed by atoms with Crippen LogP contribution < -0.4 is 5.32 Å². The molecule has 0 radical (unpaired) electrons. The van der Waals surface area contributed by atoms with Gasteiger partial charge in [-0.25, -0.2) is 4.39 Å². The first kappa shape index (κ1) is 7.99. The largest absolute Gasteiger partial charge is 0.316 e. The summed E-state index contributed by atoms with van der Waals surface area (Å²) in [6, 6.07) is 0. The van der Waals surface area contributed by atoms with Crippen LogP contribution >= 0.6 is 0 Å². The van der Waals surface area contributed by atoms with E-state index in [1.54, 1.807) is 6.92 Å². The molecule has 0 aromatic rings. The van der Waals surface area contributed by atoms with Crippen LogP contribution in [0.15, 0.2) is 0 Å². The number of rotatable bonds is 2. The third-order valence-electron chi connectivity index (χ3n) is 2.71. The maximum atomic E-state index is 13.6. The number of nitrogens with one attached hydrogen (secondary N) is 1. The van der Waals surface area contributed by atoms with E-state index in [0.717, 1.165) is 13.1 Å². The van der Waals surface area contributed by atoms with Gasteiger partial charge in [0.15, 0.2) is 0 Å². The molecule has 0 aliphatic carbocycles. The standard InChI is InChI=1S/C8H16FN/c1-6(2)8(3,9)7-4-10-5-7/h6-7,10H,4-5H2,1-3H3. The van der Waals surface area contributed by atoms with Gasteiger partial charge < -0.3 is 5.32 Å². The van der Waals surface area contributed by atoms with Crippen LogP contribution in [0.1, 0.15) is 20.8 Å². The highest BCUT2D eigenvalue weighted by atomic mass is 19.1. The summed E-state index contributed by atoms with van der Waals surface area (Å²) in [6.07, 6.45) is 0. The van der Waals surface area contributed by atoms with Crippen LogP contribution in [0.25, 0.3) is 0 Å². The molecular formula is C8H16FN. The predicted octanol–water partition coefficient (Wildman–Crippen LogP) is 1.59. The zero-order chi connectivity index (χ0) is 7.78. The van der Waals surface area contributed by atoms with Gasteiger partial charge in [0, 0.05) is 19.0 Å². The summed E-state index contributed by atoms with van der Waals surface area (Å²) in [4.78, 5) is 0. The lowest BCUT2D eigenvalue weighted by Crippen LogP contribution is -2.54. The molecule has 0 aromatic carbocycles. The fourth-order valence-electron chi connectivity index (χ4n) is 1.16. The maximum Gasteiger partial charge on any atom is 0.115 e. The minimum Gasteiger partial charge on any atom is -0.316 e. The highest BCUT2D eigenvalue weighted by molar-refractivity contribution is 4.93. The lowest BCUT2D eigenvalue weighted by Gasteiger charge is -2.40. The van der Waals surface area contributed by atoms with Crippen LogP contribution in [0.5, 0.6) is 0 Å². The van der Waals surface area contributed by atoms with Gasteiger partial charge in [-0.1, -0.05) is 13.8 Å². The molecule has 0 spiro atoms. The molecule has 0 amide bonds. The van der Waals surface area contributed by atoms with Gasteiger partial charge >= 0.3 is 0 Å². The molecule has 2 heteroatoms. The van der Waals surface area contributed by atoms with Crippen molar-refractivity contribution < 1.29 is 4.39 Å². The fourth-order valence-corrected chi connectivity index (χ4v) is 1.16. The average Bonchev–Trinajstić information content (AvgIpc) is 1.57. The Morgan fingerprint density at radius 2 is 2.00 bits per heavy atom. The fraction of sp³-hybridized carbons (Fsp3) is 1.00. The highest BCUT2D eigenvalue weighted by Gasteiger charge is 2.40. The van der Waals surface area contributed by atoms with Gasteiger partial charge in [-0.05, 0) is 12.8 Å². The Morgan fingerprint density at radius 1 is 1.50 bits per heavy atom. The van der Waals surface area contributed by atoms with Crippen molar-refractivity contribution >= 4 is 0 Å². The van der Waals surface area contributed by atoms with Gasteiger partial charge in [-0.2, -0.15) is 0 Å². The van der Waals surface area contributed by atoms with E-state index in [2.05, 4.69) is 5.32 Å². The molecule has 1 saturated heterocycles. The molecule has 1 rings (SSSR count). The molecule has 1 aliphatic rings. The molecule has 0 aromatic heterocycles. The van der Waals surface area contributed by atoms with Gasteiger partial charge in [0.2, 0.25) is 0 Å². The molecular weight excluding hydrogens is 129 g/mol. The number of alkyl halides is 1. The van der Waals surface area contributed by atoms with Crippen molar-refractivity contribution in [2.45, 2.75) is 26.4 Å². The maximum absolute atomic E-state index is 13.6. The van der Waals surface area contributed by atoms with E-state index in [0.29, 0.717) is 0 Å². The van der Waals surface area contributed by atoms with Gasteiger partial charge in [0.25, 0.3) is 0 Å². The average molecular weight is 145 g/mol. The SMILES string of the molecule is CC(C)C(C)(F)C1CNC1. The van der Waals surface area contributed by atoms with Gasteiger partial charge in [0.1, 0.15) is 5.67 Å². The monoisotopic (exact) mass is 145 g/mol. The van der Waals surface area contributed by atoms with Gasteiger partial charge in [-0.15, -0.1) is 0 Å². The zero-order valence-electron chi connectivity index (χ0n) is 6.95. The minimum atomic E-state index is -0.967. The summed E-state index contributed by atoms with van der Waals surface area (Å²) >= 11 is 0. The van der Waals surface area contributed by atoms with E-state index < -0.39 is 5.67 Å². The Bertz CT molecular complexity index is 116.